The lowest BCUT2D eigenvalue weighted by molar-refractivity contribution is -0.130. The third-order valence-electron chi connectivity index (χ3n) is 5.30. The van der Waals surface area contributed by atoms with E-state index in [1.807, 2.05) is 18.0 Å². The number of aromatic nitrogens is 1. The van der Waals surface area contributed by atoms with Crippen molar-refractivity contribution in [2.45, 2.75) is 31.6 Å². The van der Waals surface area contributed by atoms with Gasteiger partial charge in [-0.05, 0) is 43.5 Å². The van der Waals surface area contributed by atoms with Crippen molar-refractivity contribution < 1.29 is 9.53 Å². The number of carbonyl (C=O) groups is 1. The molecule has 4 rings (SSSR count). The van der Waals surface area contributed by atoms with Crippen LogP contribution >= 0.6 is 0 Å². The molecule has 1 N–H and O–H groups in total. The van der Waals surface area contributed by atoms with Crippen molar-refractivity contribution in [1.29, 1.82) is 0 Å². The molecule has 4 nitrogen and oxygen atoms in total. The largest absolute Gasteiger partial charge is 0.497 e. The van der Waals surface area contributed by atoms with Gasteiger partial charge in [-0.2, -0.15) is 0 Å². The Bertz CT molecular complexity index is 818. The number of carbonyl (C=O) groups excluding carboxylic acids is 1. The van der Waals surface area contributed by atoms with Crippen molar-refractivity contribution in [2.75, 3.05) is 14.2 Å². The number of ether oxygens (including phenoxy) is 1. The Morgan fingerprint density at radius 2 is 2.18 bits per heavy atom. The molecule has 22 heavy (non-hydrogen) atoms. The van der Waals surface area contributed by atoms with Crippen LogP contribution in [-0.2, 0) is 16.6 Å². The monoisotopic (exact) mass is 296 g/mol. The second kappa shape index (κ2) is 4.38. The minimum atomic E-state index is -0.109. The normalized spacial score (nSPS) is 24.0. The summed E-state index contributed by atoms with van der Waals surface area (Å²) in [7, 11) is 3.59. The zero-order chi connectivity index (χ0) is 15.5. The van der Waals surface area contributed by atoms with Crippen LogP contribution in [0.4, 0.5) is 0 Å². The molecule has 1 aromatic heterocycles. The van der Waals surface area contributed by atoms with Gasteiger partial charge in [-0.1, -0.05) is 6.08 Å². The first-order valence-electron chi connectivity index (χ1n) is 7.71. The average molecular weight is 296 g/mol. The van der Waals surface area contributed by atoms with Gasteiger partial charge in [0.15, 0.2) is 0 Å². The maximum atomic E-state index is 12.0. The zero-order valence-electron chi connectivity index (χ0n) is 13.2. The summed E-state index contributed by atoms with van der Waals surface area (Å²) in [6.07, 6.45) is 4.53. The third-order valence-corrected chi connectivity index (χ3v) is 5.30. The van der Waals surface area contributed by atoms with Gasteiger partial charge in [0.25, 0.3) is 0 Å². The molecule has 1 saturated heterocycles. The predicted octanol–water partition coefficient (Wildman–Crippen LogP) is 3.13. The number of likely N-dealkylation sites (tertiary alicyclic amines) is 1. The number of piperidine rings is 1. The second-order valence-electron chi connectivity index (χ2n) is 6.47. The number of rotatable bonds is 1. The number of hydrogen-bond acceptors (Lipinski definition) is 2. The molecule has 2 aromatic rings. The maximum absolute atomic E-state index is 12.0. The number of benzene rings is 1. The van der Waals surface area contributed by atoms with Crippen LogP contribution in [0, 0.1) is 0 Å². The van der Waals surface area contributed by atoms with Crippen LogP contribution in [0.5, 0.6) is 5.75 Å². The molecule has 1 amide bonds. The number of likely N-dealkylation sites (N-methyl/N-ethyl adjacent to an activating group) is 1. The molecule has 114 valence electrons. The predicted molar refractivity (Wildman–Crippen MR) is 86.0 cm³/mol. The van der Waals surface area contributed by atoms with Crippen LogP contribution in [0.15, 0.2) is 30.0 Å². The summed E-state index contributed by atoms with van der Waals surface area (Å²) in [5.41, 5.74) is 4.76. The highest BCUT2D eigenvalue weighted by Crippen LogP contribution is 2.47. The summed E-state index contributed by atoms with van der Waals surface area (Å²) in [4.78, 5) is 17.5. The number of hydrogen-bond donors (Lipinski definition) is 1. The van der Waals surface area contributed by atoms with E-state index in [9.17, 15) is 4.79 Å². The van der Waals surface area contributed by atoms with E-state index in [1.54, 1.807) is 7.11 Å². The maximum Gasteiger partial charge on any atom is 0.226 e. The number of methoxy groups -OCH3 is 1. The van der Waals surface area contributed by atoms with Crippen molar-refractivity contribution in [3.8, 4) is 5.75 Å². The lowest BCUT2D eigenvalue weighted by atomic mass is 9.71. The fourth-order valence-electron chi connectivity index (χ4n) is 4.01. The Kier molecular flexibility index (Phi) is 2.68. The topological polar surface area (TPSA) is 45.3 Å². The highest BCUT2D eigenvalue weighted by Gasteiger charge is 2.44. The third kappa shape index (κ3) is 1.61. The first kappa shape index (κ1) is 13.4. The molecule has 0 spiro atoms. The van der Waals surface area contributed by atoms with E-state index in [0.717, 1.165) is 29.8 Å². The van der Waals surface area contributed by atoms with E-state index < -0.39 is 0 Å². The number of nitrogens with one attached hydrogen (secondary N) is 1. The van der Waals surface area contributed by atoms with Crippen LogP contribution in [0.3, 0.4) is 0 Å². The lowest BCUT2D eigenvalue weighted by Gasteiger charge is -2.43. The Balaban J connectivity index is 1.92. The van der Waals surface area contributed by atoms with Gasteiger partial charge < -0.3 is 14.6 Å². The smallest absolute Gasteiger partial charge is 0.226 e. The zero-order valence-corrected chi connectivity index (χ0v) is 13.2. The Hall–Kier alpha value is -2.23. The molecular formula is C18H20N2O2. The fourth-order valence-corrected chi connectivity index (χ4v) is 4.01. The molecule has 1 unspecified atom stereocenters. The SMILES string of the molecule is COc1ccc2[nH]c3c(c2c1)CC=C1N(C)C(=O)CCC13C. The highest BCUT2D eigenvalue weighted by molar-refractivity contribution is 5.88. The molecule has 4 heteroatoms. The molecule has 1 aromatic carbocycles. The van der Waals surface area contributed by atoms with Gasteiger partial charge in [0, 0.05) is 41.2 Å². The van der Waals surface area contributed by atoms with Crippen LogP contribution < -0.4 is 4.74 Å². The van der Waals surface area contributed by atoms with Gasteiger partial charge in [-0.25, -0.2) is 0 Å². The van der Waals surface area contributed by atoms with Crippen LogP contribution in [0.1, 0.15) is 31.0 Å². The standard InChI is InChI=1S/C18H20N2O2/c1-18-9-8-16(21)20(2)15(18)7-5-12-13-10-11(22-3)4-6-14(13)19-17(12)18/h4,6-7,10,19H,5,8-9H2,1-3H3. The minimum absolute atomic E-state index is 0.109. The first-order valence-corrected chi connectivity index (χ1v) is 7.71. The summed E-state index contributed by atoms with van der Waals surface area (Å²) in [5, 5.41) is 1.23. The van der Waals surface area contributed by atoms with Gasteiger partial charge in [-0.3, -0.25) is 4.79 Å². The molecule has 0 radical (unpaired) electrons. The molecular weight excluding hydrogens is 276 g/mol. The Labute approximate surface area is 129 Å². The van der Waals surface area contributed by atoms with Gasteiger partial charge >= 0.3 is 0 Å². The van der Waals surface area contributed by atoms with E-state index >= 15 is 0 Å². The number of amides is 1. The highest BCUT2D eigenvalue weighted by atomic mass is 16.5. The van der Waals surface area contributed by atoms with E-state index in [0.29, 0.717) is 6.42 Å². The molecule has 2 heterocycles. The molecule has 1 atom stereocenters. The molecule has 2 aliphatic rings. The molecule has 0 bridgehead atoms. The number of aromatic amines is 1. The van der Waals surface area contributed by atoms with E-state index in [-0.39, 0.29) is 11.3 Å². The Morgan fingerprint density at radius 1 is 1.36 bits per heavy atom. The van der Waals surface area contributed by atoms with Crippen molar-refractivity contribution in [3.05, 3.63) is 41.2 Å². The average Bonchev–Trinajstić information content (AvgIpc) is 2.90. The van der Waals surface area contributed by atoms with Crippen molar-refractivity contribution >= 4 is 16.8 Å². The summed E-state index contributed by atoms with van der Waals surface area (Å²) < 4.78 is 5.36. The number of fused-ring (bicyclic) bond motifs is 5. The second-order valence-corrected chi connectivity index (χ2v) is 6.47. The number of H-pyrrole nitrogens is 1. The summed E-state index contributed by atoms with van der Waals surface area (Å²) in [6, 6.07) is 6.16. The van der Waals surface area contributed by atoms with Crippen molar-refractivity contribution in [3.63, 3.8) is 0 Å². The van der Waals surface area contributed by atoms with Crippen LogP contribution in [-0.4, -0.2) is 29.9 Å². The van der Waals surface area contributed by atoms with Crippen molar-refractivity contribution in [1.82, 2.24) is 9.88 Å². The van der Waals surface area contributed by atoms with Crippen LogP contribution in [0.25, 0.3) is 10.9 Å². The molecule has 1 aliphatic heterocycles. The van der Waals surface area contributed by atoms with E-state index in [1.165, 1.54) is 16.6 Å². The molecule has 0 saturated carbocycles. The van der Waals surface area contributed by atoms with Crippen LogP contribution in [0.2, 0.25) is 0 Å². The van der Waals surface area contributed by atoms with Gasteiger partial charge in [0.1, 0.15) is 5.75 Å². The van der Waals surface area contributed by atoms with Gasteiger partial charge in [-0.15, -0.1) is 0 Å². The molecule has 1 aliphatic carbocycles. The summed E-state index contributed by atoms with van der Waals surface area (Å²) >= 11 is 0. The summed E-state index contributed by atoms with van der Waals surface area (Å²) in [6.45, 7) is 2.24. The van der Waals surface area contributed by atoms with E-state index in [4.69, 9.17) is 4.74 Å². The number of nitrogens with zero attached hydrogens (tertiary/aromatic N) is 1. The van der Waals surface area contributed by atoms with E-state index in [2.05, 4.69) is 30.1 Å². The Morgan fingerprint density at radius 3 is 2.95 bits per heavy atom. The minimum Gasteiger partial charge on any atom is -0.497 e. The number of allylic oxidation sites excluding steroid dienone is 2. The molecule has 1 fully saturated rings. The van der Waals surface area contributed by atoms with Crippen molar-refractivity contribution in [2.24, 2.45) is 0 Å². The fraction of sp³-hybridized carbons (Fsp3) is 0.389. The van der Waals surface area contributed by atoms with Gasteiger partial charge in [0.2, 0.25) is 5.91 Å². The lowest BCUT2D eigenvalue weighted by Crippen LogP contribution is -2.45. The van der Waals surface area contributed by atoms with Gasteiger partial charge in [0.05, 0.1) is 7.11 Å². The quantitative estimate of drug-likeness (QED) is 0.878. The summed E-state index contributed by atoms with van der Waals surface area (Å²) in [5.74, 6) is 1.09. The first-order chi connectivity index (χ1) is 10.5.